The van der Waals surface area contributed by atoms with E-state index in [4.69, 9.17) is 4.74 Å². The van der Waals surface area contributed by atoms with Gasteiger partial charge in [-0.2, -0.15) is 0 Å². The van der Waals surface area contributed by atoms with Gasteiger partial charge in [-0.25, -0.2) is 0 Å². The number of nitrogens with zero attached hydrogens (tertiary/aromatic N) is 1. The van der Waals surface area contributed by atoms with Crippen molar-refractivity contribution in [2.75, 3.05) is 6.61 Å². The fourth-order valence-electron chi connectivity index (χ4n) is 2.27. The second-order valence-electron chi connectivity index (χ2n) is 5.82. The Morgan fingerprint density at radius 1 is 1.20 bits per heavy atom. The van der Waals surface area contributed by atoms with Crippen LogP contribution in [0.3, 0.4) is 0 Å². The van der Waals surface area contributed by atoms with Gasteiger partial charge in [-0.1, -0.05) is 32.6 Å². The molecule has 1 N–H and O–H groups in total. The summed E-state index contributed by atoms with van der Waals surface area (Å²) in [5.41, 5.74) is 2.12. The molecule has 0 bridgehead atoms. The van der Waals surface area contributed by atoms with Crippen LogP contribution in [-0.4, -0.2) is 17.6 Å². The van der Waals surface area contributed by atoms with Crippen LogP contribution in [0, 0.1) is 6.92 Å². The molecular weight excluding hydrogens is 248 g/mol. The number of nitrogens with one attached hydrogen (secondary N) is 1. The molecule has 0 radical (unpaired) electrons. The normalized spacial score (nSPS) is 14.5. The quantitative estimate of drug-likeness (QED) is 0.656. The van der Waals surface area contributed by atoms with Gasteiger partial charge >= 0.3 is 0 Å². The van der Waals surface area contributed by atoms with Crippen LogP contribution in [0.1, 0.15) is 63.3 Å². The zero-order valence-electron chi connectivity index (χ0n) is 13.0. The van der Waals surface area contributed by atoms with E-state index in [-0.39, 0.29) is 0 Å². The van der Waals surface area contributed by atoms with Crippen LogP contribution in [0.2, 0.25) is 0 Å². The summed E-state index contributed by atoms with van der Waals surface area (Å²) in [7, 11) is 0. The van der Waals surface area contributed by atoms with Crippen molar-refractivity contribution in [2.45, 2.75) is 71.4 Å². The first-order valence-electron chi connectivity index (χ1n) is 8.12. The van der Waals surface area contributed by atoms with Crippen molar-refractivity contribution >= 4 is 0 Å². The molecule has 0 aromatic carbocycles. The summed E-state index contributed by atoms with van der Waals surface area (Å²) in [4.78, 5) is 4.61. The van der Waals surface area contributed by atoms with Gasteiger partial charge < -0.3 is 10.1 Å². The lowest BCUT2D eigenvalue weighted by Crippen LogP contribution is -2.17. The minimum absolute atomic E-state index is 0.708. The van der Waals surface area contributed by atoms with Gasteiger partial charge in [0.2, 0.25) is 0 Å². The van der Waals surface area contributed by atoms with E-state index in [1.807, 2.05) is 13.0 Å². The Balaban J connectivity index is 1.76. The molecule has 0 amide bonds. The Morgan fingerprint density at radius 2 is 2.00 bits per heavy atom. The maximum absolute atomic E-state index is 5.92. The van der Waals surface area contributed by atoms with E-state index in [0.717, 1.165) is 36.7 Å². The average Bonchev–Trinajstić information content (AvgIpc) is 3.26. The highest BCUT2D eigenvalue weighted by Gasteiger charge is 2.21. The molecule has 1 aromatic rings. The van der Waals surface area contributed by atoms with Crippen molar-refractivity contribution in [3.05, 3.63) is 23.5 Å². The number of rotatable bonds is 10. The number of hydrogen-bond donors (Lipinski definition) is 1. The zero-order chi connectivity index (χ0) is 14.2. The highest BCUT2D eigenvalue weighted by atomic mass is 16.5. The van der Waals surface area contributed by atoms with Crippen molar-refractivity contribution in [2.24, 2.45) is 0 Å². The van der Waals surface area contributed by atoms with Crippen molar-refractivity contribution < 1.29 is 4.74 Å². The van der Waals surface area contributed by atoms with Crippen LogP contribution in [0.25, 0.3) is 0 Å². The Labute approximate surface area is 123 Å². The summed E-state index contributed by atoms with van der Waals surface area (Å²) in [6.45, 7) is 5.92. The third-order valence-electron chi connectivity index (χ3n) is 3.71. The van der Waals surface area contributed by atoms with Crippen molar-refractivity contribution in [3.8, 4) is 5.75 Å². The summed E-state index contributed by atoms with van der Waals surface area (Å²) in [5, 5.41) is 3.52. The first-order valence-corrected chi connectivity index (χ1v) is 8.12. The predicted molar refractivity (Wildman–Crippen MR) is 83.1 cm³/mol. The van der Waals surface area contributed by atoms with E-state index in [2.05, 4.69) is 23.3 Å². The Morgan fingerprint density at radius 3 is 2.75 bits per heavy atom. The zero-order valence-corrected chi connectivity index (χ0v) is 13.0. The number of unbranched alkanes of at least 4 members (excludes halogenated alkanes) is 4. The highest BCUT2D eigenvalue weighted by Crippen LogP contribution is 2.22. The molecule has 1 aliphatic carbocycles. The Hall–Kier alpha value is -1.09. The lowest BCUT2D eigenvalue weighted by atomic mass is 10.2. The molecule has 0 saturated heterocycles. The number of pyridine rings is 1. The van der Waals surface area contributed by atoms with Crippen molar-refractivity contribution in [1.29, 1.82) is 0 Å². The van der Waals surface area contributed by atoms with E-state index < -0.39 is 0 Å². The second-order valence-corrected chi connectivity index (χ2v) is 5.82. The maximum Gasteiger partial charge on any atom is 0.142 e. The topological polar surface area (TPSA) is 34.1 Å². The molecule has 0 unspecified atom stereocenters. The molecule has 1 saturated carbocycles. The smallest absolute Gasteiger partial charge is 0.142 e. The Bertz CT molecular complexity index is 402. The monoisotopic (exact) mass is 276 g/mol. The SMILES string of the molecule is CCCCCCCOc1ccc(C)nc1CNC1CC1. The van der Waals surface area contributed by atoms with Gasteiger partial charge in [0, 0.05) is 18.3 Å². The number of hydrogen-bond acceptors (Lipinski definition) is 3. The second kappa shape index (κ2) is 8.25. The summed E-state index contributed by atoms with van der Waals surface area (Å²) in [6, 6.07) is 4.81. The molecule has 1 aliphatic rings. The van der Waals surface area contributed by atoms with E-state index in [1.54, 1.807) is 0 Å². The van der Waals surface area contributed by atoms with Crippen LogP contribution in [-0.2, 0) is 6.54 Å². The fraction of sp³-hybridized carbons (Fsp3) is 0.706. The van der Waals surface area contributed by atoms with Crippen LogP contribution in [0.15, 0.2) is 12.1 Å². The first-order chi connectivity index (χ1) is 9.79. The largest absolute Gasteiger partial charge is 0.492 e. The van der Waals surface area contributed by atoms with Crippen LogP contribution >= 0.6 is 0 Å². The molecule has 0 atom stereocenters. The molecule has 20 heavy (non-hydrogen) atoms. The number of ether oxygens (including phenoxy) is 1. The van der Waals surface area contributed by atoms with E-state index in [1.165, 1.54) is 38.5 Å². The first kappa shape index (κ1) is 15.3. The lowest BCUT2D eigenvalue weighted by molar-refractivity contribution is 0.299. The molecule has 112 valence electrons. The Kier molecular flexibility index (Phi) is 6.31. The molecule has 1 aromatic heterocycles. The maximum atomic E-state index is 5.92. The lowest BCUT2D eigenvalue weighted by Gasteiger charge is -2.12. The van der Waals surface area contributed by atoms with Crippen LogP contribution in [0.5, 0.6) is 5.75 Å². The van der Waals surface area contributed by atoms with Gasteiger partial charge in [0.05, 0.1) is 12.3 Å². The number of aromatic nitrogens is 1. The highest BCUT2D eigenvalue weighted by molar-refractivity contribution is 5.29. The van der Waals surface area contributed by atoms with Crippen LogP contribution < -0.4 is 10.1 Å². The number of aryl methyl sites for hydroxylation is 1. The summed E-state index contributed by atoms with van der Waals surface area (Å²) in [6.07, 6.45) is 8.97. The molecule has 0 spiro atoms. The standard InChI is InChI=1S/C17H28N2O/c1-3-4-5-6-7-12-20-17-11-8-14(2)19-16(17)13-18-15-9-10-15/h8,11,15,18H,3-7,9-10,12-13H2,1-2H3. The molecule has 1 heterocycles. The van der Waals surface area contributed by atoms with Gasteiger partial charge in [-0.15, -0.1) is 0 Å². The molecule has 3 nitrogen and oxygen atoms in total. The molecule has 0 aliphatic heterocycles. The minimum Gasteiger partial charge on any atom is -0.492 e. The van der Waals surface area contributed by atoms with Crippen molar-refractivity contribution in [3.63, 3.8) is 0 Å². The van der Waals surface area contributed by atoms with Gasteiger partial charge in [0.25, 0.3) is 0 Å². The molecule has 2 rings (SSSR count). The minimum atomic E-state index is 0.708. The molecule has 3 heteroatoms. The summed E-state index contributed by atoms with van der Waals surface area (Å²) >= 11 is 0. The fourth-order valence-corrected chi connectivity index (χ4v) is 2.27. The third-order valence-corrected chi connectivity index (χ3v) is 3.71. The van der Waals surface area contributed by atoms with Gasteiger partial charge in [-0.3, -0.25) is 4.98 Å². The summed E-state index contributed by atoms with van der Waals surface area (Å²) < 4.78 is 5.92. The van der Waals surface area contributed by atoms with E-state index in [0.29, 0.717) is 6.04 Å². The van der Waals surface area contributed by atoms with Crippen molar-refractivity contribution in [1.82, 2.24) is 10.3 Å². The van der Waals surface area contributed by atoms with Gasteiger partial charge in [0.15, 0.2) is 0 Å². The van der Waals surface area contributed by atoms with Gasteiger partial charge in [-0.05, 0) is 38.3 Å². The molecule has 1 fully saturated rings. The van der Waals surface area contributed by atoms with Gasteiger partial charge in [0.1, 0.15) is 5.75 Å². The average molecular weight is 276 g/mol. The van der Waals surface area contributed by atoms with E-state index >= 15 is 0 Å². The third kappa shape index (κ3) is 5.49. The summed E-state index contributed by atoms with van der Waals surface area (Å²) in [5.74, 6) is 0.958. The predicted octanol–water partition coefficient (Wildman–Crippen LogP) is 3.99. The van der Waals surface area contributed by atoms with E-state index in [9.17, 15) is 0 Å². The molecular formula is C17H28N2O. The van der Waals surface area contributed by atoms with Crippen LogP contribution in [0.4, 0.5) is 0 Å².